The Morgan fingerprint density at radius 3 is 2.47 bits per heavy atom. The average Bonchev–Trinajstić information content (AvgIpc) is 3.10. The highest BCUT2D eigenvalue weighted by Crippen LogP contribution is 2.44. The summed E-state index contributed by atoms with van der Waals surface area (Å²) in [5, 5.41) is 6.30. The SMILES string of the molecule is COc1cc(-c2cn(C)c(=O)c3cnccc23)cc(OC)c1CN1CCC2(CC1)CN(c1cc(C(=O)NC3CCC(=O)NC3=O)ncn1)C2. The predicted octanol–water partition coefficient (Wildman–Crippen LogP) is 2.05. The second kappa shape index (κ2) is 12.9. The second-order valence-electron chi connectivity index (χ2n) is 13.1. The van der Waals surface area contributed by atoms with Gasteiger partial charge in [0.2, 0.25) is 11.8 Å². The Morgan fingerprint density at radius 2 is 1.78 bits per heavy atom. The van der Waals surface area contributed by atoms with E-state index >= 15 is 0 Å². The van der Waals surface area contributed by atoms with Crippen LogP contribution in [-0.4, -0.2) is 88.6 Å². The fourth-order valence-electron chi connectivity index (χ4n) is 7.20. The molecule has 3 saturated heterocycles. The lowest BCUT2D eigenvalue weighted by molar-refractivity contribution is -0.134. The molecule has 1 aromatic carbocycles. The van der Waals surface area contributed by atoms with Gasteiger partial charge in [0.15, 0.2) is 0 Å². The minimum absolute atomic E-state index is 0.101. The van der Waals surface area contributed by atoms with E-state index in [0.717, 1.165) is 72.6 Å². The molecule has 2 N–H and O–H groups in total. The lowest BCUT2D eigenvalue weighted by Crippen LogP contribution is -2.60. The standard InChI is InChI=1S/C35H38N8O6/c1-41-16-24(22-6-9-36-15-23(22)34(41)47)21-12-28(48-2)25(29(13-21)49-3)17-42-10-7-35(8-11-42)18-43(19-35)30-14-27(37-20-38-30)33(46)39-26-4-5-31(44)40-32(26)45/h6,9,12-16,20,26H,4-5,7-8,10-11,17-19H2,1-3H3,(H,39,46)(H,40,44,45). The van der Waals surface area contributed by atoms with E-state index in [9.17, 15) is 19.2 Å². The van der Waals surface area contributed by atoms with E-state index < -0.39 is 17.9 Å². The zero-order valence-corrected chi connectivity index (χ0v) is 27.7. The van der Waals surface area contributed by atoms with E-state index in [2.05, 4.69) is 35.4 Å². The number of methoxy groups -OCH3 is 2. The Labute approximate surface area is 282 Å². The van der Waals surface area contributed by atoms with Crippen molar-refractivity contribution in [1.82, 2.24) is 35.1 Å². The summed E-state index contributed by atoms with van der Waals surface area (Å²) in [5.41, 5.74) is 2.99. The summed E-state index contributed by atoms with van der Waals surface area (Å²) in [6.07, 6.45) is 8.96. The van der Waals surface area contributed by atoms with Gasteiger partial charge in [-0.05, 0) is 61.5 Å². The molecule has 1 unspecified atom stereocenters. The number of anilines is 1. The molecule has 3 aromatic heterocycles. The van der Waals surface area contributed by atoms with Gasteiger partial charge in [-0.1, -0.05) is 0 Å². The van der Waals surface area contributed by atoms with Crippen LogP contribution in [0.3, 0.4) is 0 Å². The smallest absolute Gasteiger partial charge is 0.270 e. The Balaban J connectivity index is 0.999. The van der Waals surface area contributed by atoms with E-state index in [1.54, 1.807) is 44.3 Å². The third-order valence-corrected chi connectivity index (χ3v) is 10.0. The minimum Gasteiger partial charge on any atom is -0.496 e. The number of aryl methyl sites for hydroxylation is 1. The molecular weight excluding hydrogens is 628 g/mol. The number of carbonyl (C=O) groups is 3. The largest absolute Gasteiger partial charge is 0.496 e. The number of carbonyl (C=O) groups excluding carboxylic acids is 3. The van der Waals surface area contributed by atoms with Crippen LogP contribution >= 0.6 is 0 Å². The lowest BCUT2D eigenvalue weighted by Gasteiger charge is -2.54. The first-order valence-corrected chi connectivity index (χ1v) is 16.3. The molecule has 0 aliphatic carbocycles. The van der Waals surface area contributed by atoms with Crippen molar-refractivity contribution in [3.05, 3.63) is 70.8 Å². The van der Waals surface area contributed by atoms with Crippen LogP contribution < -0.4 is 30.6 Å². The van der Waals surface area contributed by atoms with Gasteiger partial charge in [-0.3, -0.25) is 34.4 Å². The van der Waals surface area contributed by atoms with Crippen LogP contribution in [0.4, 0.5) is 5.82 Å². The number of imide groups is 1. The van der Waals surface area contributed by atoms with Gasteiger partial charge in [0.1, 0.15) is 35.4 Å². The number of aromatic nitrogens is 4. The van der Waals surface area contributed by atoms with Gasteiger partial charge < -0.3 is 24.3 Å². The third kappa shape index (κ3) is 6.19. The predicted molar refractivity (Wildman–Crippen MR) is 180 cm³/mol. The van der Waals surface area contributed by atoms with E-state index in [-0.39, 0.29) is 35.4 Å². The first-order chi connectivity index (χ1) is 23.7. The fraction of sp³-hybridized carbons (Fsp3) is 0.400. The van der Waals surface area contributed by atoms with E-state index in [1.165, 1.54) is 6.33 Å². The first-order valence-electron chi connectivity index (χ1n) is 16.3. The van der Waals surface area contributed by atoms with Gasteiger partial charge in [0, 0.05) is 68.7 Å². The van der Waals surface area contributed by atoms with Crippen molar-refractivity contribution in [2.24, 2.45) is 12.5 Å². The zero-order valence-electron chi connectivity index (χ0n) is 27.7. The summed E-state index contributed by atoms with van der Waals surface area (Å²) in [6, 6.07) is 6.76. The summed E-state index contributed by atoms with van der Waals surface area (Å²) in [4.78, 5) is 66.3. The number of ether oxygens (including phenoxy) is 2. The number of pyridine rings is 2. The third-order valence-electron chi connectivity index (χ3n) is 10.0. The van der Waals surface area contributed by atoms with Crippen molar-refractivity contribution in [3.63, 3.8) is 0 Å². The molecule has 3 aliphatic heterocycles. The molecule has 3 fully saturated rings. The fourth-order valence-corrected chi connectivity index (χ4v) is 7.20. The van der Waals surface area contributed by atoms with E-state index in [1.807, 2.05) is 24.4 Å². The number of nitrogens with zero attached hydrogens (tertiary/aromatic N) is 6. The Kier molecular flexibility index (Phi) is 8.49. The van der Waals surface area contributed by atoms with E-state index in [0.29, 0.717) is 17.7 Å². The van der Waals surface area contributed by atoms with Gasteiger partial charge in [-0.15, -0.1) is 0 Å². The number of piperidine rings is 2. The molecule has 49 heavy (non-hydrogen) atoms. The van der Waals surface area contributed by atoms with Crippen LogP contribution in [0.1, 0.15) is 41.7 Å². The molecule has 3 aliphatic rings. The number of fused-ring (bicyclic) bond motifs is 1. The lowest BCUT2D eigenvalue weighted by atomic mass is 9.72. The van der Waals surface area contributed by atoms with Crippen LogP contribution in [0.15, 0.2) is 54.0 Å². The molecule has 14 nitrogen and oxygen atoms in total. The molecule has 0 saturated carbocycles. The highest BCUT2D eigenvalue weighted by Gasteiger charge is 2.45. The van der Waals surface area contributed by atoms with Crippen LogP contribution in [-0.2, 0) is 23.2 Å². The van der Waals surface area contributed by atoms with Crippen LogP contribution in [0, 0.1) is 5.41 Å². The molecule has 0 bridgehead atoms. The van der Waals surface area contributed by atoms with Gasteiger partial charge in [0.05, 0.1) is 25.2 Å². The van der Waals surface area contributed by atoms with Gasteiger partial charge in [-0.2, -0.15) is 0 Å². The maximum absolute atomic E-state index is 12.8. The summed E-state index contributed by atoms with van der Waals surface area (Å²) in [5.74, 6) is 0.812. The summed E-state index contributed by atoms with van der Waals surface area (Å²) >= 11 is 0. The number of hydrogen-bond acceptors (Lipinski definition) is 11. The van der Waals surface area contributed by atoms with Crippen LogP contribution in [0.5, 0.6) is 11.5 Å². The Bertz CT molecular complexity index is 1990. The number of hydrogen-bond donors (Lipinski definition) is 2. The summed E-state index contributed by atoms with van der Waals surface area (Å²) in [7, 11) is 5.06. The molecule has 0 radical (unpaired) electrons. The molecule has 6 heterocycles. The summed E-state index contributed by atoms with van der Waals surface area (Å²) < 4.78 is 13.4. The molecule has 3 amide bonds. The van der Waals surface area contributed by atoms with Crippen molar-refractivity contribution in [1.29, 1.82) is 0 Å². The molecule has 1 spiro atoms. The Hall–Kier alpha value is -5.37. The second-order valence-corrected chi connectivity index (χ2v) is 13.1. The van der Waals surface area contributed by atoms with Crippen molar-refractivity contribution < 1.29 is 23.9 Å². The average molecular weight is 667 g/mol. The maximum Gasteiger partial charge on any atom is 0.270 e. The molecule has 254 valence electrons. The number of likely N-dealkylation sites (tertiary alicyclic amines) is 1. The summed E-state index contributed by atoms with van der Waals surface area (Å²) in [6.45, 7) is 4.14. The van der Waals surface area contributed by atoms with Gasteiger partial charge >= 0.3 is 0 Å². The maximum atomic E-state index is 12.8. The molecule has 7 rings (SSSR count). The number of rotatable bonds is 8. The molecule has 14 heteroatoms. The zero-order chi connectivity index (χ0) is 34.3. The van der Waals surface area contributed by atoms with Crippen molar-refractivity contribution >= 4 is 34.3 Å². The monoisotopic (exact) mass is 666 g/mol. The van der Waals surface area contributed by atoms with Gasteiger partial charge in [0.25, 0.3) is 11.5 Å². The normalized spacial score (nSPS) is 19.0. The Morgan fingerprint density at radius 1 is 1.04 bits per heavy atom. The molecular formula is C35H38N8O6. The molecule has 1 atom stereocenters. The van der Waals surface area contributed by atoms with Crippen LogP contribution in [0.2, 0.25) is 0 Å². The van der Waals surface area contributed by atoms with Crippen molar-refractivity contribution in [3.8, 4) is 22.6 Å². The van der Waals surface area contributed by atoms with Gasteiger partial charge in [-0.25, -0.2) is 9.97 Å². The highest BCUT2D eigenvalue weighted by molar-refractivity contribution is 6.03. The van der Waals surface area contributed by atoms with Crippen molar-refractivity contribution in [2.45, 2.75) is 38.3 Å². The minimum atomic E-state index is -0.766. The number of amides is 3. The van der Waals surface area contributed by atoms with Crippen molar-refractivity contribution in [2.75, 3.05) is 45.3 Å². The topological polar surface area (TPSA) is 161 Å². The number of benzene rings is 1. The first kappa shape index (κ1) is 32.2. The van der Waals surface area contributed by atoms with E-state index in [4.69, 9.17) is 9.47 Å². The van der Waals surface area contributed by atoms with Crippen LogP contribution in [0.25, 0.3) is 21.9 Å². The highest BCUT2D eigenvalue weighted by atomic mass is 16.5. The number of nitrogens with one attached hydrogen (secondary N) is 2. The molecule has 4 aromatic rings. The quantitative estimate of drug-likeness (QED) is 0.265.